The summed E-state index contributed by atoms with van der Waals surface area (Å²) in [6.07, 6.45) is 0. The summed E-state index contributed by atoms with van der Waals surface area (Å²) >= 11 is 3.29. The minimum Gasteiger partial charge on any atom is -0.397 e. The summed E-state index contributed by atoms with van der Waals surface area (Å²) in [4.78, 5) is 26.1. The van der Waals surface area contributed by atoms with Crippen LogP contribution in [0.15, 0.2) is 65.1 Å². The Morgan fingerprint density at radius 1 is 0.938 bits per heavy atom. The number of aromatic nitrogens is 1. The van der Waals surface area contributed by atoms with Gasteiger partial charge in [0, 0.05) is 22.6 Å². The summed E-state index contributed by atoms with van der Waals surface area (Å²) < 4.78 is 0.756. The van der Waals surface area contributed by atoms with Crippen LogP contribution in [0.25, 0.3) is 22.2 Å². The molecule has 6 nitrogen and oxygen atoms in total. The predicted octanol–water partition coefficient (Wildman–Crippen LogP) is 4.94. The second kappa shape index (κ2) is 9.70. The van der Waals surface area contributed by atoms with Crippen molar-refractivity contribution in [2.75, 3.05) is 12.8 Å². The molecule has 0 atom stereocenters. The molecule has 0 unspecified atom stereocenters. The number of fused-ring (bicyclic) bond motifs is 1. The number of nitrogen functional groups attached to an aromatic ring is 1. The van der Waals surface area contributed by atoms with Gasteiger partial charge in [-0.2, -0.15) is 0 Å². The van der Waals surface area contributed by atoms with E-state index in [0.29, 0.717) is 16.8 Å². The highest BCUT2D eigenvalue weighted by atomic mass is 79.9. The van der Waals surface area contributed by atoms with E-state index in [1.54, 1.807) is 13.1 Å². The molecule has 0 radical (unpaired) electrons. The summed E-state index contributed by atoms with van der Waals surface area (Å²) in [5, 5.41) is 3.54. The maximum atomic E-state index is 11.5. The largest absolute Gasteiger partial charge is 0.397 e. The molecular weight excluding hydrogens is 468 g/mol. The molecule has 164 valence electrons. The molecule has 0 aliphatic rings. The topological polar surface area (TPSA) is 114 Å². The summed E-state index contributed by atoms with van der Waals surface area (Å²) in [7, 11) is 1.58. The van der Waals surface area contributed by atoms with Gasteiger partial charge in [0.1, 0.15) is 0 Å². The van der Waals surface area contributed by atoms with Gasteiger partial charge >= 0.3 is 0 Å². The number of nitrogens with two attached hydrogens (primary N) is 2. The monoisotopic (exact) mass is 492 g/mol. The Labute approximate surface area is 195 Å². The first-order valence-corrected chi connectivity index (χ1v) is 10.8. The highest BCUT2D eigenvalue weighted by Gasteiger charge is 2.12. The molecule has 0 saturated heterocycles. The Bertz CT molecular complexity index is 1300. The van der Waals surface area contributed by atoms with Gasteiger partial charge in [-0.3, -0.25) is 9.59 Å². The fourth-order valence-electron chi connectivity index (χ4n) is 3.44. The molecule has 0 bridgehead atoms. The average molecular weight is 493 g/mol. The van der Waals surface area contributed by atoms with Gasteiger partial charge in [-0.25, -0.2) is 0 Å². The third-order valence-electron chi connectivity index (χ3n) is 4.97. The van der Waals surface area contributed by atoms with Gasteiger partial charge in [0.15, 0.2) is 0 Å². The average Bonchev–Trinajstić information content (AvgIpc) is 3.20. The lowest BCUT2D eigenvalue weighted by molar-refractivity contribution is 0.0962. The van der Waals surface area contributed by atoms with Crippen LogP contribution in [-0.4, -0.2) is 23.8 Å². The normalized spacial score (nSPS) is 10.4. The zero-order valence-electron chi connectivity index (χ0n) is 18.1. The number of hydrogen-bond donors (Lipinski definition) is 4. The van der Waals surface area contributed by atoms with E-state index in [9.17, 15) is 9.59 Å². The fourth-order valence-corrected chi connectivity index (χ4v) is 4.01. The molecule has 2 amide bonds. The first-order chi connectivity index (χ1) is 15.2. The van der Waals surface area contributed by atoms with E-state index in [4.69, 9.17) is 11.5 Å². The maximum Gasteiger partial charge on any atom is 0.253 e. The molecule has 1 aromatic heterocycles. The Kier molecular flexibility index (Phi) is 7.00. The van der Waals surface area contributed by atoms with Crippen molar-refractivity contribution < 1.29 is 9.59 Å². The summed E-state index contributed by atoms with van der Waals surface area (Å²) in [6, 6.07) is 19.6. The molecule has 3 aromatic carbocycles. The van der Waals surface area contributed by atoms with Crippen molar-refractivity contribution in [2.24, 2.45) is 5.73 Å². The van der Waals surface area contributed by atoms with Crippen molar-refractivity contribution in [2.45, 2.75) is 13.8 Å². The number of carbonyl (C=O) groups is 2. The van der Waals surface area contributed by atoms with Crippen LogP contribution in [0.1, 0.15) is 31.8 Å². The van der Waals surface area contributed by atoms with Gasteiger partial charge in [0.2, 0.25) is 0 Å². The number of hydrogen-bond acceptors (Lipinski definition) is 3. The van der Waals surface area contributed by atoms with Crippen molar-refractivity contribution in [1.29, 1.82) is 0 Å². The van der Waals surface area contributed by atoms with Crippen LogP contribution in [-0.2, 0) is 0 Å². The molecule has 6 N–H and O–H groups in total. The molecule has 32 heavy (non-hydrogen) atoms. The number of nitrogens with one attached hydrogen (secondary N) is 2. The van der Waals surface area contributed by atoms with Crippen molar-refractivity contribution >= 4 is 44.3 Å². The van der Waals surface area contributed by atoms with Gasteiger partial charge in [0.05, 0.1) is 22.3 Å². The lowest BCUT2D eigenvalue weighted by Crippen LogP contribution is -2.19. The lowest BCUT2D eigenvalue weighted by atomic mass is 10.1. The van der Waals surface area contributed by atoms with Crippen LogP contribution >= 0.6 is 15.9 Å². The van der Waals surface area contributed by atoms with E-state index in [-0.39, 0.29) is 5.91 Å². The van der Waals surface area contributed by atoms with Crippen molar-refractivity contribution in [3.8, 4) is 11.3 Å². The number of primary amides is 1. The fraction of sp³-hybridized carbons (Fsp3) is 0.120. The number of rotatable bonds is 3. The molecule has 0 aliphatic carbocycles. The van der Waals surface area contributed by atoms with Gasteiger partial charge in [-0.1, -0.05) is 30.3 Å². The van der Waals surface area contributed by atoms with Crippen LogP contribution in [0, 0.1) is 13.8 Å². The maximum absolute atomic E-state index is 11.5. The van der Waals surface area contributed by atoms with Crippen molar-refractivity contribution in [3.05, 3.63) is 87.4 Å². The SMILES string of the molecule is CNC(=O)c1cc(C)cc(Br)c1N.Cc1cc(C(N)=O)c2[nH]c(-c3ccccc3)cc2c1. The number of amides is 2. The smallest absolute Gasteiger partial charge is 0.253 e. The minimum atomic E-state index is -0.407. The first kappa shape index (κ1) is 23.1. The van der Waals surface area contributed by atoms with E-state index >= 15 is 0 Å². The zero-order chi connectivity index (χ0) is 23.4. The van der Waals surface area contributed by atoms with E-state index in [1.807, 2.05) is 68.4 Å². The molecule has 0 fully saturated rings. The second-order valence-electron chi connectivity index (χ2n) is 7.48. The van der Waals surface area contributed by atoms with Crippen molar-refractivity contribution in [3.63, 3.8) is 0 Å². The van der Waals surface area contributed by atoms with Crippen LogP contribution in [0.4, 0.5) is 5.69 Å². The number of H-pyrrole nitrogens is 1. The summed E-state index contributed by atoms with van der Waals surface area (Å²) in [5.74, 6) is -0.572. The van der Waals surface area contributed by atoms with Gasteiger partial charge in [-0.15, -0.1) is 0 Å². The Hall–Kier alpha value is -3.58. The molecule has 0 saturated carbocycles. The molecule has 1 heterocycles. The summed E-state index contributed by atoms with van der Waals surface area (Å²) in [5.41, 5.74) is 17.6. The van der Waals surface area contributed by atoms with Crippen molar-refractivity contribution in [1.82, 2.24) is 10.3 Å². The van der Waals surface area contributed by atoms with Crippen LogP contribution in [0.2, 0.25) is 0 Å². The quantitative estimate of drug-likeness (QED) is 0.303. The van der Waals surface area contributed by atoms with Crippen LogP contribution in [0.3, 0.4) is 0 Å². The molecule has 7 heteroatoms. The lowest BCUT2D eigenvalue weighted by Gasteiger charge is -2.07. The molecule has 0 spiro atoms. The number of carbonyl (C=O) groups excluding carboxylic acids is 2. The molecule has 4 aromatic rings. The van der Waals surface area contributed by atoms with Crippen LogP contribution < -0.4 is 16.8 Å². The first-order valence-electron chi connectivity index (χ1n) is 9.97. The second-order valence-corrected chi connectivity index (χ2v) is 8.33. The van der Waals surface area contributed by atoms with E-state index in [1.165, 1.54) is 0 Å². The number of aryl methyl sites for hydroxylation is 2. The Morgan fingerprint density at radius 2 is 1.56 bits per heavy atom. The predicted molar refractivity (Wildman–Crippen MR) is 134 cm³/mol. The van der Waals surface area contributed by atoms with Crippen LogP contribution in [0.5, 0.6) is 0 Å². The molecule has 0 aliphatic heterocycles. The number of aromatic amines is 1. The number of halogens is 1. The highest BCUT2D eigenvalue weighted by Crippen LogP contribution is 2.27. The van der Waals surface area contributed by atoms with Gasteiger partial charge < -0.3 is 21.8 Å². The minimum absolute atomic E-state index is 0.165. The Balaban J connectivity index is 0.000000195. The van der Waals surface area contributed by atoms with E-state index < -0.39 is 5.91 Å². The number of anilines is 1. The summed E-state index contributed by atoms with van der Waals surface area (Å²) in [6.45, 7) is 3.87. The standard InChI is InChI=1S/C16H14N2O.C9H11BrN2O/c1-10-7-12-9-14(11-5-3-2-4-6-11)18-15(12)13(8-10)16(17)19;1-5-3-6(9(13)12-2)8(11)7(10)4-5/h2-9,18H,1H3,(H2,17,19);3-4H,11H2,1-2H3,(H,12,13). The Morgan fingerprint density at radius 3 is 2.19 bits per heavy atom. The van der Waals surface area contributed by atoms with Gasteiger partial charge in [-0.05, 0) is 76.8 Å². The number of benzene rings is 3. The van der Waals surface area contributed by atoms with E-state index in [2.05, 4.69) is 26.2 Å². The molecule has 4 rings (SSSR count). The third kappa shape index (κ3) is 5.00. The third-order valence-corrected chi connectivity index (χ3v) is 5.62. The zero-order valence-corrected chi connectivity index (χ0v) is 19.7. The van der Waals surface area contributed by atoms with Gasteiger partial charge in [0.25, 0.3) is 11.8 Å². The highest BCUT2D eigenvalue weighted by molar-refractivity contribution is 9.10. The molecular formula is C25H25BrN4O2. The van der Waals surface area contributed by atoms with E-state index in [0.717, 1.165) is 37.8 Å².